The summed E-state index contributed by atoms with van der Waals surface area (Å²) in [5, 5.41) is 0. The Morgan fingerprint density at radius 3 is 1.66 bits per heavy atom. The molecule has 2 fully saturated rings. The van der Waals surface area contributed by atoms with E-state index >= 15 is 0 Å². The number of alkyl halides is 3. The lowest BCUT2D eigenvalue weighted by Gasteiger charge is -2.37. The molecule has 2 aromatic carbocycles. The first-order valence-corrected chi connectivity index (χ1v) is 13.2. The Hall–Kier alpha value is -3.03. The van der Waals surface area contributed by atoms with Gasteiger partial charge in [-0.2, -0.15) is 0 Å². The number of rotatable bonds is 6. The summed E-state index contributed by atoms with van der Waals surface area (Å²) < 4.78 is 55.5. The van der Waals surface area contributed by atoms with Gasteiger partial charge in [0.05, 0.1) is 26.2 Å². The van der Waals surface area contributed by atoms with Crippen LogP contribution in [-0.2, 0) is 32.2 Å². The van der Waals surface area contributed by atoms with Crippen molar-refractivity contribution >= 4 is 40.5 Å². The van der Waals surface area contributed by atoms with Crippen LogP contribution >= 0.6 is 24.0 Å². The van der Waals surface area contributed by atoms with Crippen molar-refractivity contribution in [2.24, 2.45) is 0 Å². The first-order valence-electron chi connectivity index (χ1n) is 11.5. The molecule has 13 heteroatoms. The van der Waals surface area contributed by atoms with E-state index < -0.39 is 18.6 Å². The third-order valence-electron chi connectivity index (χ3n) is 5.35. The zero-order valence-corrected chi connectivity index (χ0v) is 22.1. The Labute approximate surface area is 228 Å². The molecule has 2 heterocycles. The van der Waals surface area contributed by atoms with E-state index in [-0.39, 0.29) is 31.9 Å². The lowest BCUT2D eigenvalue weighted by Crippen LogP contribution is -2.56. The standard InChI is InChI=1S/C13H15NO3S2.C12H12F3NO3/c1-19-13(18)17-11-7-14(8-11)12(15)16-9-10-5-3-2-4-6-10;13-12(14,15)19-10-6-16(7-10)11(17)18-8-9-4-2-1-3-5-9/h2-6,11H,7-9H2,1H3;1-5,10H,6-8H2. The number of hydrogen-bond acceptors (Lipinski definition) is 8. The second-order valence-corrected chi connectivity index (χ2v) is 9.68. The topological polar surface area (TPSA) is 77.5 Å². The average Bonchev–Trinajstić information content (AvgIpc) is 2.86. The SMILES string of the molecule is CSC(=S)OC1CN(C(=O)OCc2ccccc2)C1.O=C(OCc1ccccc1)N1CC(OC(F)(F)F)C1. The zero-order valence-electron chi connectivity index (χ0n) is 20.5. The van der Waals surface area contributed by atoms with Gasteiger partial charge in [-0.05, 0) is 29.6 Å². The van der Waals surface area contributed by atoms with Crippen LogP contribution in [0, 0.1) is 0 Å². The number of nitrogens with zero attached hydrogens (tertiary/aromatic N) is 2. The number of hydrogen-bond donors (Lipinski definition) is 0. The number of likely N-dealkylation sites (tertiary alicyclic amines) is 2. The summed E-state index contributed by atoms with van der Waals surface area (Å²) in [7, 11) is 0. The smallest absolute Gasteiger partial charge is 0.471 e. The van der Waals surface area contributed by atoms with Crippen molar-refractivity contribution in [2.45, 2.75) is 31.8 Å². The summed E-state index contributed by atoms with van der Waals surface area (Å²) in [6.45, 7) is 1.26. The molecule has 0 bridgehead atoms. The maximum atomic E-state index is 11.9. The minimum absolute atomic E-state index is 0.00391. The number of benzene rings is 2. The molecule has 0 atom stereocenters. The Morgan fingerprint density at radius 2 is 1.26 bits per heavy atom. The van der Waals surface area contributed by atoms with E-state index in [1.165, 1.54) is 16.7 Å². The molecule has 2 aromatic rings. The molecular formula is C25H27F3N2O6S2. The van der Waals surface area contributed by atoms with Crippen LogP contribution in [-0.4, -0.2) is 77.4 Å². The van der Waals surface area contributed by atoms with Crippen LogP contribution in [0.2, 0.25) is 0 Å². The molecule has 0 N–H and O–H groups in total. The van der Waals surface area contributed by atoms with E-state index in [2.05, 4.69) is 4.74 Å². The number of halogens is 3. The van der Waals surface area contributed by atoms with Crippen LogP contribution in [0.1, 0.15) is 11.1 Å². The lowest BCUT2D eigenvalue weighted by molar-refractivity contribution is -0.352. The van der Waals surface area contributed by atoms with Crippen molar-refractivity contribution in [1.29, 1.82) is 0 Å². The number of carbonyl (C=O) groups is 2. The minimum Gasteiger partial charge on any atom is -0.471 e. The molecule has 0 aliphatic carbocycles. The molecule has 8 nitrogen and oxygen atoms in total. The van der Waals surface area contributed by atoms with E-state index in [1.54, 1.807) is 29.2 Å². The predicted molar refractivity (Wildman–Crippen MR) is 138 cm³/mol. The molecule has 38 heavy (non-hydrogen) atoms. The van der Waals surface area contributed by atoms with Crippen LogP contribution in [0.4, 0.5) is 22.8 Å². The third kappa shape index (κ3) is 10.0. The minimum atomic E-state index is -4.66. The van der Waals surface area contributed by atoms with Crippen LogP contribution in [0.15, 0.2) is 60.7 Å². The fourth-order valence-corrected chi connectivity index (χ4v) is 3.69. The number of amides is 2. The summed E-state index contributed by atoms with van der Waals surface area (Å²) in [5.74, 6) is 0. The van der Waals surface area contributed by atoms with Crippen molar-refractivity contribution in [3.8, 4) is 0 Å². The van der Waals surface area contributed by atoms with E-state index in [0.29, 0.717) is 24.1 Å². The first kappa shape index (κ1) is 29.5. The van der Waals surface area contributed by atoms with Gasteiger partial charge in [-0.25, -0.2) is 9.59 Å². The molecule has 2 amide bonds. The molecule has 2 saturated heterocycles. The zero-order chi connectivity index (χ0) is 27.5. The van der Waals surface area contributed by atoms with Crippen molar-refractivity contribution in [1.82, 2.24) is 9.80 Å². The summed E-state index contributed by atoms with van der Waals surface area (Å²) >= 11 is 6.35. The van der Waals surface area contributed by atoms with Crippen molar-refractivity contribution in [2.75, 3.05) is 32.4 Å². The first-order chi connectivity index (χ1) is 18.1. The van der Waals surface area contributed by atoms with Crippen molar-refractivity contribution < 1.29 is 41.7 Å². The van der Waals surface area contributed by atoms with Gasteiger partial charge in [0.1, 0.15) is 25.4 Å². The monoisotopic (exact) mass is 572 g/mol. The fourth-order valence-electron chi connectivity index (χ4n) is 3.32. The second kappa shape index (κ2) is 14.2. The van der Waals surface area contributed by atoms with Crippen LogP contribution in [0.5, 0.6) is 0 Å². The maximum absolute atomic E-state index is 11.9. The molecule has 206 valence electrons. The van der Waals surface area contributed by atoms with Crippen molar-refractivity contribution in [3.05, 3.63) is 71.8 Å². The lowest BCUT2D eigenvalue weighted by atomic mass is 10.2. The van der Waals surface area contributed by atoms with Gasteiger partial charge in [0.25, 0.3) is 0 Å². The second-order valence-electron chi connectivity index (χ2n) is 8.27. The Kier molecular flexibility index (Phi) is 11.0. The molecule has 4 rings (SSSR count). The van der Waals surface area contributed by atoms with Gasteiger partial charge in [0.15, 0.2) is 0 Å². The van der Waals surface area contributed by atoms with Gasteiger partial charge in [0.2, 0.25) is 4.38 Å². The molecule has 0 unspecified atom stereocenters. The molecule has 0 saturated carbocycles. The summed E-state index contributed by atoms with van der Waals surface area (Å²) in [5.41, 5.74) is 1.80. The number of thiocarbonyl (C=S) groups is 1. The van der Waals surface area contributed by atoms with E-state index in [4.69, 9.17) is 26.4 Å². The number of thioether (sulfide) groups is 1. The van der Waals surface area contributed by atoms with Crippen LogP contribution in [0.3, 0.4) is 0 Å². The molecule has 0 aromatic heterocycles. The van der Waals surface area contributed by atoms with Gasteiger partial charge in [-0.1, -0.05) is 72.4 Å². The summed E-state index contributed by atoms with van der Waals surface area (Å²) in [6, 6.07) is 18.6. The molecular weight excluding hydrogens is 545 g/mol. The largest absolute Gasteiger partial charge is 0.522 e. The van der Waals surface area contributed by atoms with Gasteiger partial charge < -0.3 is 24.0 Å². The number of carbonyl (C=O) groups excluding carboxylic acids is 2. The molecule has 0 spiro atoms. The summed E-state index contributed by atoms with van der Waals surface area (Å²) in [6.07, 6.45) is -4.73. The van der Waals surface area contributed by atoms with E-state index in [1.807, 2.05) is 42.7 Å². The van der Waals surface area contributed by atoms with Crippen LogP contribution < -0.4 is 0 Å². The Bertz CT molecular complexity index is 1050. The van der Waals surface area contributed by atoms with Gasteiger partial charge in [0, 0.05) is 0 Å². The predicted octanol–water partition coefficient (Wildman–Crippen LogP) is 5.22. The highest BCUT2D eigenvalue weighted by Gasteiger charge is 2.41. The molecule has 2 aliphatic heterocycles. The van der Waals surface area contributed by atoms with Gasteiger partial charge in [-0.3, -0.25) is 4.74 Å². The molecule has 0 radical (unpaired) electrons. The van der Waals surface area contributed by atoms with Gasteiger partial charge >= 0.3 is 18.5 Å². The van der Waals surface area contributed by atoms with Crippen molar-refractivity contribution in [3.63, 3.8) is 0 Å². The highest BCUT2D eigenvalue weighted by molar-refractivity contribution is 8.22. The quantitative estimate of drug-likeness (QED) is 0.437. The Morgan fingerprint density at radius 1 is 0.842 bits per heavy atom. The van der Waals surface area contributed by atoms with Gasteiger partial charge in [-0.15, -0.1) is 13.2 Å². The fraction of sp³-hybridized carbons (Fsp3) is 0.400. The molecule has 2 aliphatic rings. The average molecular weight is 573 g/mol. The highest BCUT2D eigenvalue weighted by atomic mass is 32.2. The highest BCUT2D eigenvalue weighted by Crippen LogP contribution is 2.24. The summed E-state index contributed by atoms with van der Waals surface area (Å²) in [4.78, 5) is 26.0. The van der Waals surface area contributed by atoms with Crippen LogP contribution in [0.25, 0.3) is 0 Å². The van der Waals surface area contributed by atoms with E-state index in [0.717, 1.165) is 11.1 Å². The third-order valence-corrected chi connectivity index (χ3v) is 6.38. The van der Waals surface area contributed by atoms with E-state index in [9.17, 15) is 22.8 Å². The Balaban J connectivity index is 0.000000211. The maximum Gasteiger partial charge on any atom is 0.522 e. The number of ether oxygens (including phenoxy) is 4. The normalized spacial score (nSPS) is 15.4.